The lowest BCUT2D eigenvalue weighted by Crippen LogP contribution is -2.16. The van der Waals surface area contributed by atoms with E-state index in [1.807, 2.05) is 0 Å². The summed E-state index contributed by atoms with van der Waals surface area (Å²) in [6.45, 7) is -0.438. The number of nitrogens with zero attached hydrogens (tertiary/aromatic N) is 3. The molecule has 156 valence electrons. The second kappa shape index (κ2) is 9.03. The Labute approximate surface area is 176 Å². The van der Waals surface area contributed by atoms with Crippen LogP contribution in [0.4, 0.5) is 11.5 Å². The van der Waals surface area contributed by atoms with Crippen molar-refractivity contribution in [3.05, 3.63) is 70.0 Å². The predicted molar refractivity (Wildman–Crippen MR) is 109 cm³/mol. The molecule has 0 saturated carbocycles. The molecule has 1 heterocycles. The van der Waals surface area contributed by atoms with Crippen molar-refractivity contribution in [3.63, 3.8) is 0 Å². The van der Waals surface area contributed by atoms with Gasteiger partial charge < -0.3 is 9.84 Å². The van der Waals surface area contributed by atoms with Crippen LogP contribution in [0.1, 0.15) is 0 Å². The molecule has 0 saturated heterocycles. The average Bonchev–Trinajstić information content (AvgIpc) is 2.72. The third kappa shape index (κ3) is 4.82. The van der Waals surface area contributed by atoms with Crippen molar-refractivity contribution in [1.82, 2.24) is 9.97 Å². The standard InChI is InChI=1S/C18H15ClN4O6S/c19-13-4-6-15(7-5-13)30(27,28)22-17-16(18(21-11-20-17)29-9-8-24)12-2-1-3-14(10-12)23(25)26/h1-7,10-11,24H,8-9H2,(H,20,21,22). The molecular formula is C18H15ClN4O6S. The maximum absolute atomic E-state index is 12.8. The first kappa shape index (κ1) is 21.4. The lowest BCUT2D eigenvalue weighted by molar-refractivity contribution is -0.384. The van der Waals surface area contributed by atoms with Crippen LogP contribution in [0.3, 0.4) is 0 Å². The van der Waals surface area contributed by atoms with Gasteiger partial charge in [0.15, 0.2) is 5.82 Å². The van der Waals surface area contributed by atoms with E-state index < -0.39 is 14.9 Å². The molecule has 0 aliphatic heterocycles. The molecule has 2 N–H and O–H groups in total. The van der Waals surface area contributed by atoms with Crippen LogP contribution in [0, 0.1) is 10.1 Å². The number of benzene rings is 2. The van der Waals surface area contributed by atoms with E-state index in [1.54, 1.807) is 0 Å². The zero-order valence-corrected chi connectivity index (χ0v) is 16.8. The normalized spacial score (nSPS) is 11.1. The van der Waals surface area contributed by atoms with Crippen LogP contribution in [-0.2, 0) is 10.0 Å². The highest BCUT2D eigenvalue weighted by atomic mass is 35.5. The van der Waals surface area contributed by atoms with Crippen molar-refractivity contribution in [2.45, 2.75) is 4.90 Å². The van der Waals surface area contributed by atoms with E-state index in [9.17, 15) is 18.5 Å². The van der Waals surface area contributed by atoms with Crippen LogP contribution in [-0.4, -0.2) is 41.6 Å². The Morgan fingerprint density at radius 3 is 2.57 bits per heavy atom. The number of rotatable bonds is 8. The largest absolute Gasteiger partial charge is 0.475 e. The van der Waals surface area contributed by atoms with Crippen molar-refractivity contribution in [2.24, 2.45) is 0 Å². The molecule has 30 heavy (non-hydrogen) atoms. The zero-order valence-electron chi connectivity index (χ0n) is 15.2. The number of sulfonamides is 1. The van der Waals surface area contributed by atoms with Crippen molar-refractivity contribution < 1.29 is 23.2 Å². The number of halogens is 1. The van der Waals surface area contributed by atoms with E-state index in [0.717, 1.165) is 6.33 Å². The number of nitro benzene ring substituents is 1. The quantitative estimate of drug-likeness (QED) is 0.393. The molecule has 0 atom stereocenters. The van der Waals surface area contributed by atoms with Gasteiger partial charge in [0.05, 0.1) is 22.0 Å². The monoisotopic (exact) mass is 450 g/mol. The summed E-state index contributed by atoms with van der Waals surface area (Å²) in [5.74, 6) is -0.193. The van der Waals surface area contributed by atoms with Crippen LogP contribution >= 0.6 is 11.6 Å². The number of aliphatic hydroxyl groups excluding tert-OH is 1. The van der Waals surface area contributed by atoms with Gasteiger partial charge in [0.25, 0.3) is 15.7 Å². The van der Waals surface area contributed by atoms with Crippen LogP contribution < -0.4 is 9.46 Å². The maximum Gasteiger partial charge on any atom is 0.270 e. The van der Waals surface area contributed by atoms with Gasteiger partial charge >= 0.3 is 0 Å². The highest BCUT2D eigenvalue weighted by Gasteiger charge is 2.22. The molecule has 0 bridgehead atoms. The minimum absolute atomic E-state index is 0.0478. The fraction of sp³-hybridized carbons (Fsp3) is 0.111. The smallest absolute Gasteiger partial charge is 0.270 e. The first-order valence-corrected chi connectivity index (χ1v) is 10.3. The van der Waals surface area contributed by atoms with Gasteiger partial charge in [-0.3, -0.25) is 14.8 Å². The summed E-state index contributed by atoms with van der Waals surface area (Å²) in [4.78, 5) is 18.5. The number of ether oxygens (including phenoxy) is 1. The van der Waals surface area contributed by atoms with Crippen molar-refractivity contribution >= 4 is 33.1 Å². The second-order valence-corrected chi connectivity index (χ2v) is 7.96. The van der Waals surface area contributed by atoms with Crippen LogP contribution in [0.2, 0.25) is 5.02 Å². The van der Waals surface area contributed by atoms with Gasteiger partial charge in [0.1, 0.15) is 12.9 Å². The SMILES string of the molecule is O=[N+]([O-])c1cccc(-c2c(NS(=O)(=O)c3ccc(Cl)cc3)ncnc2OCCO)c1. The molecule has 3 rings (SSSR count). The molecule has 0 amide bonds. The number of anilines is 1. The molecular weight excluding hydrogens is 436 g/mol. The highest BCUT2D eigenvalue weighted by Crippen LogP contribution is 2.36. The number of aromatic nitrogens is 2. The van der Waals surface area contributed by atoms with E-state index in [0.29, 0.717) is 5.02 Å². The van der Waals surface area contributed by atoms with E-state index in [1.165, 1.54) is 48.5 Å². The lowest BCUT2D eigenvalue weighted by Gasteiger charge is -2.15. The first-order valence-electron chi connectivity index (χ1n) is 8.43. The van der Waals surface area contributed by atoms with E-state index in [4.69, 9.17) is 21.4 Å². The molecule has 0 unspecified atom stereocenters. The number of nitro groups is 1. The summed E-state index contributed by atoms with van der Waals surface area (Å²) in [6, 6.07) is 11.0. The van der Waals surface area contributed by atoms with Gasteiger partial charge in [0.2, 0.25) is 5.88 Å². The summed E-state index contributed by atoms with van der Waals surface area (Å²) in [7, 11) is -4.06. The van der Waals surface area contributed by atoms with Gasteiger partial charge in [-0.2, -0.15) is 0 Å². The first-order chi connectivity index (χ1) is 14.3. The fourth-order valence-corrected chi connectivity index (χ4v) is 3.68. The fourth-order valence-electron chi connectivity index (χ4n) is 2.53. The number of aliphatic hydroxyl groups is 1. The Morgan fingerprint density at radius 2 is 1.90 bits per heavy atom. The summed E-state index contributed by atoms with van der Waals surface area (Å²) in [5.41, 5.74) is 0.134. The maximum atomic E-state index is 12.8. The molecule has 0 aliphatic rings. The summed E-state index contributed by atoms with van der Waals surface area (Å²) in [5, 5.41) is 20.6. The minimum atomic E-state index is -4.06. The minimum Gasteiger partial charge on any atom is -0.475 e. The third-order valence-corrected chi connectivity index (χ3v) is 5.45. The van der Waals surface area contributed by atoms with Gasteiger partial charge in [-0.15, -0.1) is 0 Å². The summed E-state index contributed by atoms with van der Waals surface area (Å²) >= 11 is 5.81. The summed E-state index contributed by atoms with van der Waals surface area (Å²) < 4.78 is 33.3. The van der Waals surface area contributed by atoms with E-state index in [2.05, 4.69) is 14.7 Å². The Morgan fingerprint density at radius 1 is 1.17 bits per heavy atom. The van der Waals surface area contributed by atoms with Gasteiger partial charge in [-0.05, 0) is 29.8 Å². The molecule has 0 radical (unpaired) electrons. The van der Waals surface area contributed by atoms with Gasteiger partial charge in [0, 0.05) is 17.2 Å². The molecule has 10 nitrogen and oxygen atoms in total. The second-order valence-electron chi connectivity index (χ2n) is 5.84. The highest BCUT2D eigenvalue weighted by molar-refractivity contribution is 7.92. The predicted octanol–water partition coefficient (Wildman–Crippen LogP) is 2.88. The molecule has 1 aromatic heterocycles. The van der Waals surface area contributed by atoms with Gasteiger partial charge in [-0.1, -0.05) is 23.7 Å². The summed E-state index contributed by atoms with van der Waals surface area (Å²) in [6.07, 6.45) is 1.08. The molecule has 0 fully saturated rings. The molecule has 2 aromatic carbocycles. The zero-order chi connectivity index (χ0) is 21.7. The van der Waals surface area contributed by atoms with Crippen molar-refractivity contribution in [2.75, 3.05) is 17.9 Å². The molecule has 0 aliphatic carbocycles. The van der Waals surface area contributed by atoms with Crippen LogP contribution in [0.5, 0.6) is 5.88 Å². The molecule has 3 aromatic rings. The van der Waals surface area contributed by atoms with E-state index >= 15 is 0 Å². The lowest BCUT2D eigenvalue weighted by atomic mass is 10.1. The van der Waals surface area contributed by atoms with Crippen molar-refractivity contribution in [3.8, 4) is 17.0 Å². The average molecular weight is 451 g/mol. The molecule has 0 spiro atoms. The number of non-ortho nitro benzene ring substituents is 1. The van der Waals surface area contributed by atoms with E-state index in [-0.39, 0.29) is 46.6 Å². The molecule has 12 heteroatoms. The third-order valence-electron chi connectivity index (χ3n) is 3.84. The van der Waals surface area contributed by atoms with Crippen molar-refractivity contribution in [1.29, 1.82) is 0 Å². The topological polar surface area (TPSA) is 145 Å². The van der Waals surface area contributed by atoms with Crippen LogP contribution in [0.25, 0.3) is 11.1 Å². The Hall–Kier alpha value is -3.28. The number of nitrogens with one attached hydrogen (secondary N) is 1. The Bertz CT molecular complexity index is 1170. The Balaban J connectivity index is 2.11. The Kier molecular flexibility index (Phi) is 6.45. The van der Waals surface area contributed by atoms with Gasteiger partial charge in [-0.25, -0.2) is 18.4 Å². The number of hydrogen-bond acceptors (Lipinski definition) is 8. The van der Waals surface area contributed by atoms with Crippen LogP contribution in [0.15, 0.2) is 59.8 Å². The number of hydrogen-bond donors (Lipinski definition) is 2.